The van der Waals surface area contributed by atoms with Crippen LogP contribution >= 0.6 is 15.9 Å². The number of hydrogen-bond acceptors (Lipinski definition) is 3. The standard InChI is InChI=1S/C12H14BrNO3/c1-14(12(15)7-13)8-9-2-3-10-11(6-9)17-5-4-16-10/h2-3,6H,4-5,7-8H2,1H3. The van der Waals surface area contributed by atoms with Gasteiger partial charge in [-0.3, -0.25) is 4.79 Å². The second kappa shape index (κ2) is 5.40. The summed E-state index contributed by atoms with van der Waals surface area (Å²) in [6.07, 6.45) is 0. The van der Waals surface area contributed by atoms with Crippen molar-refractivity contribution < 1.29 is 14.3 Å². The number of amides is 1. The molecular weight excluding hydrogens is 286 g/mol. The van der Waals surface area contributed by atoms with E-state index in [0.29, 0.717) is 25.1 Å². The molecular formula is C12H14BrNO3. The fraction of sp³-hybridized carbons (Fsp3) is 0.417. The monoisotopic (exact) mass is 299 g/mol. The van der Waals surface area contributed by atoms with Gasteiger partial charge in [0.15, 0.2) is 11.5 Å². The van der Waals surface area contributed by atoms with Crippen molar-refractivity contribution in [3.63, 3.8) is 0 Å². The van der Waals surface area contributed by atoms with E-state index in [-0.39, 0.29) is 5.91 Å². The molecule has 1 amide bonds. The third kappa shape index (κ3) is 2.91. The molecule has 4 nitrogen and oxygen atoms in total. The van der Waals surface area contributed by atoms with Crippen LogP contribution in [-0.4, -0.2) is 36.4 Å². The molecule has 0 spiro atoms. The lowest BCUT2D eigenvalue weighted by atomic mass is 10.2. The van der Waals surface area contributed by atoms with Gasteiger partial charge in [-0.25, -0.2) is 0 Å². The SMILES string of the molecule is CN(Cc1ccc2c(c1)OCCO2)C(=O)CBr. The highest BCUT2D eigenvalue weighted by Gasteiger charge is 2.13. The van der Waals surface area contributed by atoms with Crippen LogP contribution in [0.25, 0.3) is 0 Å². The largest absolute Gasteiger partial charge is 0.486 e. The number of ether oxygens (including phenoxy) is 2. The maximum absolute atomic E-state index is 11.4. The van der Waals surface area contributed by atoms with Crippen molar-refractivity contribution in [2.75, 3.05) is 25.6 Å². The number of benzene rings is 1. The van der Waals surface area contributed by atoms with Gasteiger partial charge in [0.2, 0.25) is 5.91 Å². The lowest BCUT2D eigenvalue weighted by Crippen LogP contribution is -2.27. The van der Waals surface area contributed by atoms with Crippen molar-refractivity contribution in [3.8, 4) is 11.5 Å². The summed E-state index contributed by atoms with van der Waals surface area (Å²) in [6.45, 7) is 1.74. The lowest BCUT2D eigenvalue weighted by molar-refractivity contribution is -0.127. The Labute approximate surface area is 109 Å². The van der Waals surface area contributed by atoms with Crippen LogP contribution in [0.1, 0.15) is 5.56 Å². The van der Waals surface area contributed by atoms with Crippen molar-refractivity contribution in [2.24, 2.45) is 0 Å². The molecule has 0 unspecified atom stereocenters. The van der Waals surface area contributed by atoms with Gasteiger partial charge in [-0.2, -0.15) is 0 Å². The molecule has 1 aromatic rings. The second-order valence-corrected chi connectivity index (χ2v) is 4.42. The van der Waals surface area contributed by atoms with Gasteiger partial charge in [-0.15, -0.1) is 0 Å². The van der Waals surface area contributed by atoms with E-state index in [0.717, 1.165) is 17.1 Å². The first-order chi connectivity index (χ1) is 8.20. The Morgan fingerprint density at radius 2 is 2.06 bits per heavy atom. The first-order valence-corrected chi connectivity index (χ1v) is 6.51. The van der Waals surface area contributed by atoms with Crippen molar-refractivity contribution >= 4 is 21.8 Å². The number of hydrogen-bond donors (Lipinski definition) is 0. The van der Waals surface area contributed by atoms with Crippen molar-refractivity contribution in [1.82, 2.24) is 4.90 Å². The van der Waals surface area contributed by atoms with Crippen LogP contribution in [0.2, 0.25) is 0 Å². The van der Waals surface area contributed by atoms with Gasteiger partial charge in [-0.05, 0) is 17.7 Å². The average molecular weight is 300 g/mol. The summed E-state index contributed by atoms with van der Waals surface area (Å²) in [5.41, 5.74) is 1.03. The highest BCUT2D eigenvalue weighted by molar-refractivity contribution is 9.09. The molecule has 1 aliphatic rings. The quantitative estimate of drug-likeness (QED) is 0.799. The number of rotatable bonds is 3. The van der Waals surface area contributed by atoms with E-state index in [4.69, 9.17) is 9.47 Å². The van der Waals surface area contributed by atoms with Gasteiger partial charge in [0.1, 0.15) is 13.2 Å². The lowest BCUT2D eigenvalue weighted by Gasteiger charge is -2.20. The minimum Gasteiger partial charge on any atom is -0.486 e. The summed E-state index contributed by atoms with van der Waals surface area (Å²) >= 11 is 3.15. The van der Waals surface area contributed by atoms with E-state index >= 15 is 0 Å². The van der Waals surface area contributed by atoms with Gasteiger partial charge in [-0.1, -0.05) is 22.0 Å². The molecule has 2 rings (SSSR count). The third-order valence-electron chi connectivity index (χ3n) is 2.57. The fourth-order valence-corrected chi connectivity index (χ4v) is 2.08. The predicted octanol–water partition coefficient (Wildman–Crippen LogP) is 1.81. The van der Waals surface area contributed by atoms with Crippen molar-refractivity contribution in [1.29, 1.82) is 0 Å². The van der Waals surface area contributed by atoms with Crippen LogP contribution in [0.4, 0.5) is 0 Å². The molecule has 0 atom stereocenters. The van der Waals surface area contributed by atoms with Crippen molar-refractivity contribution in [3.05, 3.63) is 23.8 Å². The molecule has 5 heteroatoms. The van der Waals surface area contributed by atoms with Gasteiger partial charge in [0, 0.05) is 13.6 Å². The molecule has 0 aromatic heterocycles. The maximum atomic E-state index is 11.4. The zero-order valence-corrected chi connectivity index (χ0v) is 11.2. The number of carbonyl (C=O) groups excluding carboxylic acids is 1. The molecule has 0 aliphatic carbocycles. The fourth-order valence-electron chi connectivity index (χ4n) is 1.65. The molecule has 0 saturated carbocycles. The first kappa shape index (κ1) is 12.2. The van der Waals surface area contributed by atoms with Crippen LogP contribution in [0.15, 0.2) is 18.2 Å². The van der Waals surface area contributed by atoms with Gasteiger partial charge in [0.25, 0.3) is 0 Å². The Balaban J connectivity index is 2.09. The molecule has 0 saturated heterocycles. The molecule has 17 heavy (non-hydrogen) atoms. The molecule has 1 aromatic carbocycles. The predicted molar refractivity (Wildman–Crippen MR) is 67.7 cm³/mol. The van der Waals surface area contributed by atoms with E-state index in [1.807, 2.05) is 18.2 Å². The minimum absolute atomic E-state index is 0.0555. The maximum Gasteiger partial charge on any atom is 0.233 e. The Morgan fingerprint density at radius 1 is 1.35 bits per heavy atom. The van der Waals surface area contributed by atoms with E-state index in [1.54, 1.807) is 11.9 Å². The number of alkyl halides is 1. The molecule has 1 heterocycles. The number of carbonyl (C=O) groups is 1. The Morgan fingerprint density at radius 3 is 2.76 bits per heavy atom. The summed E-state index contributed by atoms with van der Waals surface area (Å²) in [5, 5.41) is 0.341. The van der Waals surface area contributed by atoms with Gasteiger partial charge >= 0.3 is 0 Å². The van der Waals surface area contributed by atoms with Gasteiger partial charge < -0.3 is 14.4 Å². The van der Waals surface area contributed by atoms with Crippen LogP contribution in [0.5, 0.6) is 11.5 Å². The number of nitrogens with zero attached hydrogens (tertiary/aromatic N) is 1. The topological polar surface area (TPSA) is 38.8 Å². The molecule has 0 bridgehead atoms. The Hall–Kier alpha value is -1.23. The normalized spacial score (nSPS) is 13.3. The molecule has 0 radical (unpaired) electrons. The summed E-state index contributed by atoms with van der Waals surface area (Å²) in [6, 6.07) is 5.76. The van der Waals surface area contributed by atoms with Crippen LogP contribution in [-0.2, 0) is 11.3 Å². The van der Waals surface area contributed by atoms with E-state index in [2.05, 4.69) is 15.9 Å². The second-order valence-electron chi connectivity index (χ2n) is 3.86. The average Bonchev–Trinajstić information content (AvgIpc) is 2.37. The number of fused-ring (bicyclic) bond motifs is 1. The van der Waals surface area contributed by atoms with Crippen LogP contribution in [0, 0.1) is 0 Å². The summed E-state index contributed by atoms with van der Waals surface area (Å²) in [7, 11) is 1.78. The van der Waals surface area contributed by atoms with E-state index in [1.165, 1.54) is 0 Å². The Bertz CT molecular complexity index is 422. The highest BCUT2D eigenvalue weighted by atomic mass is 79.9. The van der Waals surface area contributed by atoms with Crippen LogP contribution in [0.3, 0.4) is 0 Å². The van der Waals surface area contributed by atoms with Crippen molar-refractivity contribution in [2.45, 2.75) is 6.54 Å². The molecule has 1 aliphatic heterocycles. The highest BCUT2D eigenvalue weighted by Crippen LogP contribution is 2.30. The molecule has 92 valence electrons. The van der Waals surface area contributed by atoms with Gasteiger partial charge in [0.05, 0.1) is 5.33 Å². The van der Waals surface area contributed by atoms with E-state index < -0.39 is 0 Å². The zero-order chi connectivity index (χ0) is 12.3. The summed E-state index contributed by atoms with van der Waals surface area (Å²) in [4.78, 5) is 13.1. The molecule has 0 fully saturated rings. The summed E-state index contributed by atoms with van der Waals surface area (Å²) in [5.74, 6) is 1.59. The Kier molecular flexibility index (Phi) is 3.89. The minimum atomic E-state index is 0.0555. The smallest absolute Gasteiger partial charge is 0.233 e. The third-order valence-corrected chi connectivity index (χ3v) is 3.05. The van der Waals surface area contributed by atoms with E-state index in [9.17, 15) is 4.79 Å². The molecule has 0 N–H and O–H groups in total. The first-order valence-electron chi connectivity index (χ1n) is 5.39. The van der Waals surface area contributed by atoms with Crippen LogP contribution < -0.4 is 9.47 Å². The zero-order valence-electron chi connectivity index (χ0n) is 9.61. The number of halogens is 1. The summed E-state index contributed by atoms with van der Waals surface area (Å²) < 4.78 is 10.9.